The summed E-state index contributed by atoms with van der Waals surface area (Å²) >= 11 is 4.16. The second kappa shape index (κ2) is 16.3. The molecule has 2 rings (SSSR count). The molecule has 2 aromatic carbocycles. The Morgan fingerprint density at radius 2 is 1.20 bits per heavy atom. The quantitative estimate of drug-likeness (QED) is 0.0955. The SMILES string of the molecule is NCCCCC(NC(=O)C(Cc1ccc(O)cc1)NC(=O)C(CS)NC(=O)C(N)Cc1ccc(O)cc1)C(=O)O. The van der Waals surface area contributed by atoms with Crippen molar-refractivity contribution in [2.75, 3.05) is 12.3 Å². The van der Waals surface area contributed by atoms with Gasteiger partial charge in [-0.25, -0.2) is 4.79 Å². The lowest BCUT2D eigenvalue weighted by Crippen LogP contribution is -2.58. The summed E-state index contributed by atoms with van der Waals surface area (Å²) in [5.74, 6) is -3.29. The molecule has 40 heavy (non-hydrogen) atoms. The van der Waals surface area contributed by atoms with Crippen LogP contribution in [-0.2, 0) is 32.0 Å². The molecule has 10 N–H and O–H groups in total. The van der Waals surface area contributed by atoms with E-state index in [2.05, 4.69) is 28.6 Å². The summed E-state index contributed by atoms with van der Waals surface area (Å²) in [6.07, 6.45) is 1.37. The summed E-state index contributed by atoms with van der Waals surface area (Å²) in [6.45, 7) is 0.384. The summed E-state index contributed by atoms with van der Waals surface area (Å²) < 4.78 is 0. The smallest absolute Gasteiger partial charge is 0.326 e. The molecule has 0 aliphatic carbocycles. The van der Waals surface area contributed by atoms with Gasteiger partial charge in [-0.2, -0.15) is 12.6 Å². The van der Waals surface area contributed by atoms with Crippen LogP contribution in [0.3, 0.4) is 0 Å². The van der Waals surface area contributed by atoms with Crippen LogP contribution in [0.1, 0.15) is 30.4 Å². The number of carboxylic acids is 1. The van der Waals surface area contributed by atoms with Crippen LogP contribution < -0.4 is 27.4 Å². The Labute approximate surface area is 237 Å². The number of carbonyl (C=O) groups excluding carboxylic acids is 3. The monoisotopic (exact) mass is 575 g/mol. The third-order valence-electron chi connectivity index (χ3n) is 6.11. The van der Waals surface area contributed by atoms with E-state index in [0.29, 0.717) is 30.5 Å². The molecular weight excluding hydrogens is 538 g/mol. The Hall–Kier alpha value is -3.81. The van der Waals surface area contributed by atoms with Crippen molar-refractivity contribution < 1.29 is 34.5 Å². The number of nitrogens with one attached hydrogen (secondary N) is 3. The number of phenolic OH excluding ortho intramolecular Hbond substituents is 2. The number of unbranched alkanes of at least 4 members (excludes halogenated alkanes) is 1. The molecule has 0 bridgehead atoms. The van der Waals surface area contributed by atoms with Gasteiger partial charge in [-0.1, -0.05) is 24.3 Å². The van der Waals surface area contributed by atoms with Crippen molar-refractivity contribution in [2.45, 2.75) is 56.3 Å². The highest BCUT2D eigenvalue weighted by Gasteiger charge is 2.30. The van der Waals surface area contributed by atoms with Crippen molar-refractivity contribution in [3.63, 3.8) is 0 Å². The Balaban J connectivity index is 2.12. The maximum Gasteiger partial charge on any atom is 0.326 e. The molecule has 0 spiro atoms. The largest absolute Gasteiger partial charge is 0.508 e. The van der Waals surface area contributed by atoms with Crippen molar-refractivity contribution >= 4 is 36.3 Å². The lowest BCUT2D eigenvalue weighted by molar-refractivity contribution is -0.142. The highest BCUT2D eigenvalue weighted by atomic mass is 32.1. The summed E-state index contributed by atoms with van der Waals surface area (Å²) in [5, 5.41) is 36.1. The zero-order valence-corrected chi connectivity index (χ0v) is 22.8. The Morgan fingerprint density at radius 1 is 0.725 bits per heavy atom. The molecule has 4 unspecified atom stereocenters. The standard InChI is InChI=1S/C27H37N5O7S/c28-12-2-1-3-21(27(38)39)30-25(36)22(14-17-6-10-19(34)11-7-17)31-26(37)23(15-40)32-24(35)20(29)13-16-4-8-18(33)9-5-16/h4-11,20-23,33-34,40H,1-3,12-15,28-29H2,(H,30,36)(H,31,37)(H,32,35)(H,38,39). The van der Waals surface area contributed by atoms with E-state index in [1.807, 2.05) is 0 Å². The van der Waals surface area contributed by atoms with E-state index in [4.69, 9.17) is 11.5 Å². The van der Waals surface area contributed by atoms with E-state index >= 15 is 0 Å². The summed E-state index contributed by atoms with van der Waals surface area (Å²) in [5.41, 5.74) is 12.8. The van der Waals surface area contributed by atoms with Crippen LogP contribution in [0.2, 0.25) is 0 Å². The number of rotatable bonds is 16. The molecule has 0 heterocycles. The number of aromatic hydroxyl groups is 2. The molecule has 13 heteroatoms. The van der Waals surface area contributed by atoms with E-state index in [1.165, 1.54) is 24.3 Å². The Kier molecular flexibility index (Phi) is 13.2. The number of carboxylic acid groups (broad SMARTS) is 1. The van der Waals surface area contributed by atoms with Gasteiger partial charge in [0, 0.05) is 12.2 Å². The lowest BCUT2D eigenvalue weighted by Gasteiger charge is -2.25. The molecule has 0 aromatic heterocycles. The number of benzene rings is 2. The normalized spacial score (nSPS) is 13.9. The van der Waals surface area contributed by atoms with Gasteiger partial charge in [-0.3, -0.25) is 14.4 Å². The van der Waals surface area contributed by atoms with Crippen LogP contribution in [-0.4, -0.2) is 75.5 Å². The Morgan fingerprint density at radius 3 is 1.70 bits per heavy atom. The molecule has 0 saturated heterocycles. The van der Waals surface area contributed by atoms with Crippen LogP contribution in [0.4, 0.5) is 0 Å². The Bertz CT molecular complexity index is 1130. The summed E-state index contributed by atoms with van der Waals surface area (Å²) in [4.78, 5) is 50.7. The third kappa shape index (κ3) is 10.8. The molecule has 3 amide bonds. The number of phenols is 2. The molecule has 0 saturated carbocycles. The first kappa shape index (κ1) is 32.4. The first-order chi connectivity index (χ1) is 19.0. The zero-order valence-electron chi connectivity index (χ0n) is 22.0. The first-order valence-corrected chi connectivity index (χ1v) is 13.4. The number of carbonyl (C=O) groups is 4. The van der Waals surface area contributed by atoms with Gasteiger partial charge in [0.05, 0.1) is 6.04 Å². The van der Waals surface area contributed by atoms with E-state index in [0.717, 1.165) is 0 Å². The number of thiol groups is 1. The number of aliphatic carboxylic acids is 1. The molecule has 0 fully saturated rings. The average molecular weight is 576 g/mol. The minimum atomic E-state index is -1.22. The number of hydrogen-bond donors (Lipinski definition) is 9. The lowest BCUT2D eigenvalue weighted by atomic mass is 10.0. The summed E-state index contributed by atoms with van der Waals surface area (Å²) in [7, 11) is 0. The molecule has 4 atom stereocenters. The highest BCUT2D eigenvalue weighted by molar-refractivity contribution is 7.80. The van der Waals surface area contributed by atoms with E-state index in [1.54, 1.807) is 24.3 Å². The molecule has 0 aliphatic rings. The van der Waals surface area contributed by atoms with Crippen molar-refractivity contribution in [3.05, 3.63) is 59.7 Å². The van der Waals surface area contributed by atoms with Gasteiger partial charge in [-0.15, -0.1) is 0 Å². The number of amides is 3. The third-order valence-corrected chi connectivity index (χ3v) is 6.48. The van der Waals surface area contributed by atoms with Crippen molar-refractivity contribution in [1.82, 2.24) is 16.0 Å². The fraction of sp³-hybridized carbons (Fsp3) is 0.407. The first-order valence-electron chi connectivity index (χ1n) is 12.8. The molecule has 0 radical (unpaired) electrons. The topological polar surface area (TPSA) is 217 Å². The highest BCUT2D eigenvalue weighted by Crippen LogP contribution is 2.13. The predicted octanol–water partition coefficient (Wildman–Crippen LogP) is -0.192. The van der Waals surface area contributed by atoms with Crippen LogP contribution in [0.15, 0.2) is 48.5 Å². The fourth-order valence-electron chi connectivity index (χ4n) is 3.82. The molecule has 2 aromatic rings. The maximum atomic E-state index is 13.2. The van der Waals surface area contributed by atoms with Crippen LogP contribution in [0.5, 0.6) is 11.5 Å². The van der Waals surface area contributed by atoms with Crippen molar-refractivity contribution in [3.8, 4) is 11.5 Å². The number of nitrogens with two attached hydrogens (primary N) is 2. The number of hydrogen-bond acceptors (Lipinski definition) is 9. The van der Waals surface area contributed by atoms with E-state index in [-0.39, 0.29) is 36.5 Å². The minimum Gasteiger partial charge on any atom is -0.508 e. The van der Waals surface area contributed by atoms with Gasteiger partial charge in [0.25, 0.3) is 0 Å². The second-order valence-electron chi connectivity index (χ2n) is 9.34. The summed E-state index contributed by atoms with van der Waals surface area (Å²) in [6, 6.07) is 7.64. The van der Waals surface area contributed by atoms with Crippen LogP contribution >= 0.6 is 12.6 Å². The van der Waals surface area contributed by atoms with Crippen LogP contribution in [0, 0.1) is 0 Å². The van der Waals surface area contributed by atoms with Gasteiger partial charge in [0.2, 0.25) is 17.7 Å². The minimum absolute atomic E-state index is 0.0133. The molecule has 0 aliphatic heterocycles. The van der Waals surface area contributed by atoms with Crippen molar-refractivity contribution in [2.24, 2.45) is 11.5 Å². The predicted molar refractivity (Wildman–Crippen MR) is 152 cm³/mol. The van der Waals surface area contributed by atoms with Gasteiger partial charge >= 0.3 is 5.97 Å². The van der Waals surface area contributed by atoms with Gasteiger partial charge in [-0.05, 0) is 67.6 Å². The molecule has 218 valence electrons. The van der Waals surface area contributed by atoms with E-state index < -0.39 is 47.9 Å². The molecule has 12 nitrogen and oxygen atoms in total. The van der Waals surface area contributed by atoms with Gasteiger partial charge in [0.1, 0.15) is 29.6 Å². The van der Waals surface area contributed by atoms with Crippen molar-refractivity contribution in [1.29, 1.82) is 0 Å². The zero-order chi connectivity index (χ0) is 29.7. The molecular formula is C27H37N5O7S. The van der Waals surface area contributed by atoms with Gasteiger partial charge in [0.15, 0.2) is 0 Å². The fourth-order valence-corrected chi connectivity index (χ4v) is 4.08. The second-order valence-corrected chi connectivity index (χ2v) is 9.70. The van der Waals surface area contributed by atoms with E-state index in [9.17, 15) is 34.5 Å². The maximum absolute atomic E-state index is 13.2. The van der Waals surface area contributed by atoms with Gasteiger partial charge < -0.3 is 42.7 Å². The average Bonchev–Trinajstić information content (AvgIpc) is 2.92. The van der Waals surface area contributed by atoms with Crippen LogP contribution in [0.25, 0.3) is 0 Å².